The molecule has 3 nitrogen and oxygen atoms in total. The Kier molecular flexibility index (Phi) is 2.87. The van der Waals surface area contributed by atoms with E-state index in [1.54, 1.807) is 18.3 Å². The molecule has 1 aromatic heterocycles. The Hall–Kier alpha value is -2.23. The molecule has 17 heavy (non-hydrogen) atoms. The lowest BCUT2D eigenvalue weighted by atomic mass is 10.0. The van der Waals surface area contributed by atoms with Gasteiger partial charge in [-0.25, -0.2) is 9.18 Å². The van der Waals surface area contributed by atoms with Crippen LogP contribution in [0, 0.1) is 12.7 Å². The molecule has 0 amide bonds. The number of benzene rings is 1. The van der Waals surface area contributed by atoms with E-state index in [4.69, 9.17) is 5.11 Å². The number of hydrogen-bond acceptors (Lipinski definition) is 2. The van der Waals surface area contributed by atoms with Crippen LogP contribution in [0.3, 0.4) is 0 Å². The first-order valence-electron chi connectivity index (χ1n) is 5.04. The van der Waals surface area contributed by atoms with E-state index in [0.29, 0.717) is 5.56 Å². The number of aromatic carboxylic acids is 1. The second-order valence-corrected chi connectivity index (χ2v) is 3.69. The number of halogens is 1. The van der Waals surface area contributed by atoms with Crippen LogP contribution in [-0.4, -0.2) is 16.1 Å². The van der Waals surface area contributed by atoms with Gasteiger partial charge in [-0.3, -0.25) is 4.98 Å². The zero-order valence-electron chi connectivity index (χ0n) is 9.14. The van der Waals surface area contributed by atoms with E-state index in [9.17, 15) is 9.18 Å². The molecule has 0 radical (unpaired) electrons. The molecule has 1 aromatic carbocycles. The Morgan fingerprint density at radius 3 is 2.53 bits per heavy atom. The Labute approximate surface area is 97.6 Å². The maximum absolute atomic E-state index is 13.5. The number of hydrogen-bond donors (Lipinski definition) is 1. The number of aromatic nitrogens is 1. The van der Waals surface area contributed by atoms with Crippen molar-refractivity contribution in [2.75, 3.05) is 0 Å². The van der Waals surface area contributed by atoms with Crippen molar-refractivity contribution in [1.82, 2.24) is 4.98 Å². The van der Waals surface area contributed by atoms with E-state index >= 15 is 0 Å². The fourth-order valence-corrected chi connectivity index (χ4v) is 1.59. The van der Waals surface area contributed by atoms with Crippen molar-refractivity contribution in [1.29, 1.82) is 0 Å². The lowest BCUT2D eigenvalue weighted by Gasteiger charge is -2.04. The highest BCUT2D eigenvalue weighted by Crippen LogP contribution is 2.22. The summed E-state index contributed by atoms with van der Waals surface area (Å²) in [7, 11) is 0. The molecule has 0 aliphatic heterocycles. The molecule has 2 aromatic rings. The van der Waals surface area contributed by atoms with E-state index in [1.807, 2.05) is 13.0 Å². The molecule has 0 bridgehead atoms. The third-order valence-corrected chi connectivity index (χ3v) is 2.43. The van der Waals surface area contributed by atoms with Gasteiger partial charge in [0.2, 0.25) is 0 Å². The average molecular weight is 231 g/mol. The number of nitrogens with zero attached hydrogens (tertiary/aromatic N) is 1. The van der Waals surface area contributed by atoms with Crippen molar-refractivity contribution >= 4 is 5.97 Å². The van der Waals surface area contributed by atoms with Gasteiger partial charge in [0.15, 0.2) is 0 Å². The topological polar surface area (TPSA) is 50.2 Å². The summed E-state index contributed by atoms with van der Waals surface area (Å²) in [5.41, 5.74) is 1.95. The SMILES string of the molecule is Cc1cc(-c2ccc(C(=O)O)c(F)c2)ccn1. The van der Waals surface area contributed by atoms with Crippen LogP contribution >= 0.6 is 0 Å². The molecule has 1 heterocycles. The summed E-state index contributed by atoms with van der Waals surface area (Å²) in [6.45, 7) is 1.84. The fraction of sp³-hybridized carbons (Fsp3) is 0.0769. The van der Waals surface area contributed by atoms with Crippen molar-refractivity contribution in [3.63, 3.8) is 0 Å². The van der Waals surface area contributed by atoms with Gasteiger partial charge >= 0.3 is 5.97 Å². The predicted octanol–water partition coefficient (Wildman–Crippen LogP) is 2.89. The van der Waals surface area contributed by atoms with Crippen LogP contribution in [0.15, 0.2) is 36.5 Å². The number of pyridine rings is 1. The number of aryl methyl sites for hydroxylation is 1. The van der Waals surface area contributed by atoms with Gasteiger partial charge < -0.3 is 5.11 Å². The minimum absolute atomic E-state index is 0.320. The maximum Gasteiger partial charge on any atom is 0.338 e. The lowest BCUT2D eigenvalue weighted by molar-refractivity contribution is 0.0692. The largest absolute Gasteiger partial charge is 0.478 e. The zero-order chi connectivity index (χ0) is 12.4. The molecule has 0 saturated carbocycles. The van der Waals surface area contributed by atoms with Gasteiger partial charge in [-0.1, -0.05) is 6.07 Å². The molecule has 0 aliphatic rings. The Balaban J connectivity index is 2.48. The molecule has 1 N–H and O–H groups in total. The van der Waals surface area contributed by atoms with Crippen LogP contribution in [-0.2, 0) is 0 Å². The number of carbonyl (C=O) groups is 1. The first-order chi connectivity index (χ1) is 8.08. The van der Waals surface area contributed by atoms with Gasteiger partial charge in [0, 0.05) is 11.9 Å². The van der Waals surface area contributed by atoms with Crippen LogP contribution in [0.5, 0.6) is 0 Å². The molecule has 2 rings (SSSR count). The van der Waals surface area contributed by atoms with E-state index < -0.39 is 11.8 Å². The highest BCUT2D eigenvalue weighted by molar-refractivity contribution is 5.88. The normalized spacial score (nSPS) is 10.2. The Morgan fingerprint density at radius 1 is 1.24 bits per heavy atom. The van der Waals surface area contributed by atoms with Crippen molar-refractivity contribution < 1.29 is 14.3 Å². The van der Waals surface area contributed by atoms with Crippen LogP contribution in [0.25, 0.3) is 11.1 Å². The van der Waals surface area contributed by atoms with Gasteiger partial charge in [0.05, 0.1) is 5.56 Å². The lowest BCUT2D eigenvalue weighted by Crippen LogP contribution is -2.00. The summed E-state index contributed by atoms with van der Waals surface area (Å²) in [6, 6.07) is 7.64. The first kappa shape index (κ1) is 11.3. The van der Waals surface area contributed by atoms with Crippen LogP contribution < -0.4 is 0 Å². The zero-order valence-corrected chi connectivity index (χ0v) is 9.14. The van der Waals surface area contributed by atoms with E-state index in [2.05, 4.69) is 4.98 Å². The van der Waals surface area contributed by atoms with Gasteiger partial charge in [-0.2, -0.15) is 0 Å². The summed E-state index contributed by atoms with van der Waals surface area (Å²) in [6.07, 6.45) is 1.63. The van der Waals surface area contributed by atoms with Crippen molar-refractivity contribution in [2.24, 2.45) is 0 Å². The monoisotopic (exact) mass is 231 g/mol. The molecular formula is C13H10FNO2. The predicted molar refractivity (Wildman–Crippen MR) is 61.3 cm³/mol. The van der Waals surface area contributed by atoms with Crippen molar-refractivity contribution in [3.05, 3.63) is 53.6 Å². The standard InChI is InChI=1S/C13H10FNO2/c1-8-6-10(4-5-15-8)9-2-3-11(13(16)17)12(14)7-9/h2-7H,1H3,(H,16,17). The second-order valence-electron chi connectivity index (χ2n) is 3.69. The first-order valence-corrected chi connectivity index (χ1v) is 5.04. The van der Waals surface area contributed by atoms with E-state index in [1.165, 1.54) is 12.1 Å². The molecule has 0 atom stereocenters. The number of carboxylic acid groups (broad SMARTS) is 1. The highest BCUT2D eigenvalue weighted by Gasteiger charge is 2.11. The van der Waals surface area contributed by atoms with Crippen LogP contribution in [0.1, 0.15) is 16.1 Å². The third-order valence-electron chi connectivity index (χ3n) is 2.43. The molecule has 0 fully saturated rings. The van der Waals surface area contributed by atoms with Gasteiger partial charge in [0.1, 0.15) is 5.82 Å². The summed E-state index contributed by atoms with van der Waals surface area (Å²) < 4.78 is 13.5. The second kappa shape index (κ2) is 4.33. The molecule has 4 heteroatoms. The third kappa shape index (κ3) is 2.30. The molecule has 0 spiro atoms. The molecule has 0 unspecified atom stereocenters. The average Bonchev–Trinajstić information content (AvgIpc) is 2.28. The molecule has 0 aliphatic carbocycles. The van der Waals surface area contributed by atoms with Crippen molar-refractivity contribution in [3.8, 4) is 11.1 Å². The van der Waals surface area contributed by atoms with Gasteiger partial charge in [-0.15, -0.1) is 0 Å². The highest BCUT2D eigenvalue weighted by atomic mass is 19.1. The van der Waals surface area contributed by atoms with Crippen molar-refractivity contribution in [2.45, 2.75) is 6.92 Å². The van der Waals surface area contributed by atoms with E-state index in [-0.39, 0.29) is 5.56 Å². The maximum atomic E-state index is 13.5. The van der Waals surface area contributed by atoms with E-state index in [0.717, 1.165) is 11.3 Å². The minimum atomic E-state index is -1.26. The smallest absolute Gasteiger partial charge is 0.338 e. The van der Waals surface area contributed by atoms with Gasteiger partial charge in [0.25, 0.3) is 0 Å². The summed E-state index contributed by atoms with van der Waals surface area (Å²) in [5, 5.41) is 8.72. The van der Waals surface area contributed by atoms with Crippen LogP contribution in [0.4, 0.5) is 4.39 Å². The summed E-state index contributed by atoms with van der Waals surface area (Å²) in [4.78, 5) is 14.7. The van der Waals surface area contributed by atoms with Gasteiger partial charge in [-0.05, 0) is 42.3 Å². The molecule has 86 valence electrons. The Morgan fingerprint density at radius 2 is 1.94 bits per heavy atom. The summed E-state index contributed by atoms with van der Waals surface area (Å²) in [5.74, 6) is -2.00. The summed E-state index contributed by atoms with van der Waals surface area (Å²) >= 11 is 0. The quantitative estimate of drug-likeness (QED) is 0.864. The molecule has 0 saturated heterocycles. The number of carboxylic acids is 1. The molecular weight excluding hydrogens is 221 g/mol. The number of rotatable bonds is 2. The van der Waals surface area contributed by atoms with Crippen LogP contribution in [0.2, 0.25) is 0 Å². The minimum Gasteiger partial charge on any atom is -0.478 e. The Bertz CT molecular complexity index is 581. The fourth-order valence-electron chi connectivity index (χ4n) is 1.59.